The molecule has 1 amide bonds. The van der Waals surface area contributed by atoms with E-state index < -0.39 is 12.1 Å². The van der Waals surface area contributed by atoms with E-state index in [4.69, 9.17) is 18.9 Å². The number of halogens is 2. The van der Waals surface area contributed by atoms with E-state index in [-0.39, 0.29) is 24.9 Å². The van der Waals surface area contributed by atoms with Crippen molar-refractivity contribution in [3.05, 3.63) is 26.6 Å². The zero-order chi connectivity index (χ0) is 18.0. The van der Waals surface area contributed by atoms with Crippen LogP contribution in [0.15, 0.2) is 26.1 Å². The second-order valence-corrected chi connectivity index (χ2v) is 7.05. The van der Waals surface area contributed by atoms with Crippen LogP contribution in [0, 0.1) is 0 Å². The summed E-state index contributed by atoms with van der Waals surface area (Å²) in [6.07, 6.45) is -1.15. The number of aliphatic imine (C=N–C) groups is 1. The van der Waals surface area contributed by atoms with E-state index in [1.165, 1.54) is 6.92 Å². The van der Waals surface area contributed by atoms with Crippen molar-refractivity contribution in [2.75, 3.05) is 19.7 Å². The summed E-state index contributed by atoms with van der Waals surface area (Å²) in [5.41, 5.74) is 0.839. The van der Waals surface area contributed by atoms with Crippen LogP contribution in [0.4, 0.5) is 4.79 Å². The minimum Gasteiger partial charge on any atom is -0.487 e. The number of hydrogen-bond acceptors (Lipinski definition) is 7. The van der Waals surface area contributed by atoms with Gasteiger partial charge in [0, 0.05) is 6.92 Å². The van der Waals surface area contributed by atoms with Gasteiger partial charge in [0.25, 0.3) is 0 Å². The highest BCUT2D eigenvalue weighted by Gasteiger charge is 2.27. The average Bonchev–Trinajstić information content (AvgIpc) is 3.15. The zero-order valence-corrected chi connectivity index (χ0v) is 16.3. The molecule has 2 unspecified atom stereocenters. The van der Waals surface area contributed by atoms with Gasteiger partial charge in [0.15, 0.2) is 6.10 Å². The highest BCUT2D eigenvalue weighted by atomic mass is 79.9. The number of amides is 1. The number of nitrogens with zero attached hydrogens (tertiary/aromatic N) is 1. The third-order valence-electron chi connectivity index (χ3n) is 3.41. The molecule has 2 aliphatic rings. The summed E-state index contributed by atoms with van der Waals surface area (Å²) in [6.45, 7) is 2.29. The first-order valence-electron chi connectivity index (χ1n) is 7.38. The van der Waals surface area contributed by atoms with Gasteiger partial charge in [-0.3, -0.25) is 4.79 Å². The predicted molar refractivity (Wildman–Crippen MR) is 93.5 cm³/mol. The quantitative estimate of drug-likeness (QED) is 0.670. The van der Waals surface area contributed by atoms with Crippen LogP contribution in [0.25, 0.3) is 0 Å². The smallest absolute Gasteiger partial charge is 0.407 e. The van der Waals surface area contributed by atoms with E-state index in [9.17, 15) is 9.59 Å². The maximum atomic E-state index is 11.0. The molecule has 10 heteroatoms. The van der Waals surface area contributed by atoms with Crippen molar-refractivity contribution in [1.82, 2.24) is 5.32 Å². The van der Waals surface area contributed by atoms with E-state index >= 15 is 0 Å². The molecule has 3 rings (SSSR count). The fourth-order valence-electron chi connectivity index (χ4n) is 2.31. The van der Waals surface area contributed by atoms with Crippen molar-refractivity contribution in [3.63, 3.8) is 0 Å². The fourth-order valence-corrected chi connectivity index (χ4v) is 3.76. The molecule has 0 spiro atoms. The first kappa shape index (κ1) is 18.0. The third kappa shape index (κ3) is 4.43. The number of ether oxygens (including phenoxy) is 4. The normalized spacial score (nSPS) is 21.9. The van der Waals surface area contributed by atoms with Crippen molar-refractivity contribution in [2.45, 2.75) is 19.1 Å². The molecular formula is C15H14Br2N2O6. The average molecular weight is 478 g/mol. The predicted octanol–water partition coefficient (Wildman–Crippen LogP) is 2.69. The first-order chi connectivity index (χ1) is 11.9. The molecule has 1 aromatic carbocycles. The Bertz CT molecular complexity index is 716. The second-order valence-electron chi connectivity index (χ2n) is 5.34. The fraction of sp³-hybridized carbons (Fsp3) is 0.400. The van der Waals surface area contributed by atoms with Gasteiger partial charge in [-0.2, -0.15) is 0 Å². The Morgan fingerprint density at radius 2 is 2.08 bits per heavy atom. The van der Waals surface area contributed by atoms with E-state index in [0.717, 1.165) is 5.56 Å². The number of rotatable bonds is 4. The van der Waals surface area contributed by atoms with Crippen molar-refractivity contribution < 1.29 is 28.5 Å². The van der Waals surface area contributed by atoms with Gasteiger partial charge in [-0.15, -0.1) is 0 Å². The summed E-state index contributed by atoms with van der Waals surface area (Å²) < 4.78 is 22.5. The molecule has 1 aromatic rings. The standard InChI is InChI=1S/C15H14Br2N2O6/c1-7(20)23-15-19-5-12(25-15)8-2-10(16)13(11(17)3-8)22-6-9-4-18-14(21)24-9/h2-3,9,12H,4-6H2,1H3,(H,18,21). The van der Waals surface area contributed by atoms with Crippen molar-refractivity contribution >= 4 is 50.0 Å². The van der Waals surface area contributed by atoms with Crippen LogP contribution in [0.5, 0.6) is 5.75 Å². The summed E-state index contributed by atoms with van der Waals surface area (Å²) >= 11 is 6.93. The molecule has 1 saturated heterocycles. The van der Waals surface area contributed by atoms with E-state index in [1.54, 1.807) is 0 Å². The molecule has 0 aliphatic carbocycles. The summed E-state index contributed by atoms with van der Waals surface area (Å²) in [7, 11) is 0. The maximum absolute atomic E-state index is 11.0. The number of benzene rings is 1. The van der Waals surface area contributed by atoms with Crippen molar-refractivity contribution in [2.24, 2.45) is 4.99 Å². The van der Waals surface area contributed by atoms with Crippen LogP contribution in [-0.4, -0.2) is 43.9 Å². The molecule has 1 fully saturated rings. The van der Waals surface area contributed by atoms with E-state index in [0.29, 0.717) is 27.8 Å². The number of cyclic esters (lactones) is 1. The van der Waals surface area contributed by atoms with Gasteiger partial charge in [-0.25, -0.2) is 9.79 Å². The lowest BCUT2D eigenvalue weighted by molar-refractivity contribution is -0.134. The van der Waals surface area contributed by atoms with Crippen LogP contribution >= 0.6 is 31.9 Å². The molecule has 2 heterocycles. The molecule has 25 heavy (non-hydrogen) atoms. The molecule has 0 radical (unpaired) electrons. The molecule has 0 aromatic heterocycles. The Morgan fingerprint density at radius 3 is 2.68 bits per heavy atom. The topological polar surface area (TPSA) is 95.5 Å². The van der Waals surface area contributed by atoms with Gasteiger partial charge in [0.1, 0.15) is 18.5 Å². The number of hydrogen-bond donors (Lipinski definition) is 1. The second kappa shape index (κ2) is 7.61. The summed E-state index contributed by atoms with van der Waals surface area (Å²) in [5.74, 6) is 0.110. The third-order valence-corrected chi connectivity index (χ3v) is 4.59. The number of alkyl carbamates (subject to hydrolysis) is 1. The summed E-state index contributed by atoms with van der Waals surface area (Å²) in [6, 6.07) is 3.69. The van der Waals surface area contributed by atoms with E-state index in [2.05, 4.69) is 42.2 Å². The van der Waals surface area contributed by atoms with Crippen LogP contribution in [-0.2, 0) is 19.0 Å². The largest absolute Gasteiger partial charge is 0.487 e. The molecule has 134 valence electrons. The molecule has 0 bridgehead atoms. The Labute approximate surface area is 160 Å². The lowest BCUT2D eigenvalue weighted by atomic mass is 10.1. The Morgan fingerprint density at radius 1 is 1.36 bits per heavy atom. The van der Waals surface area contributed by atoms with Gasteiger partial charge < -0.3 is 24.3 Å². The number of nitrogens with one attached hydrogen (secondary N) is 1. The molecule has 2 atom stereocenters. The van der Waals surface area contributed by atoms with Gasteiger partial charge >= 0.3 is 18.1 Å². The summed E-state index contributed by atoms with van der Waals surface area (Å²) in [5, 5.41) is 2.57. The maximum Gasteiger partial charge on any atom is 0.407 e. The van der Waals surface area contributed by atoms with Crippen LogP contribution < -0.4 is 10.1 Å². The molecular weight excluding hydrogens is 464 g/mol. The minimum atomic E-state index is -0.479. The monoisotopic (exact) mass is 476 g/mol. The van der Waals surface area contributed by atoms with Gasteiger partial charge in [-0.1, -0.05) is 0 Å². The van der Waals surface area contributed by atoms with Crippen molar-refractivity contribution in [3.8, 4) is 5.75 Å². The highest BCUT2D eigenvalue weighted by molar-refractivity contribution is 9.11. The van der Waals surface area contributed by atoms with Crippen LogP contribution in [0.3, 0.4) is 0 Å². The number of esters is 1. The molecule has 8 nitrogen and oxygen atoms in total. The highest BCUT2D eigenvalue weighted by Crippen LogP contribution is 2.38. The lowest BCUT2D eigenvalue weighted by Crippen LogP contribution is -2.22. The lowest BCUT2D eigenvalue weighted by Gasteiger charge is -2.16. The van der Waals surface area contributed by atoms with E-state index in [1.807, 2.05) is 12.1 Å². The Kier molecular flexibility index (Phi) is 5.48. The Hall–Kier alpha value is -1.81. The van der Waals surface area contributed by atoms with Crippen LogP contribution in [0.2, 0.25) is 0 Å². The number of carbonyl (C=O) groups is 2. The van der Waals surface area contributed by atoms with Gasteiger partial charge in [0.05, 0.1) is 22.0 Å². The molecule has 1 N–H and O–H groups in total. The molecule has 0 saturated carbocycles. The zero-order valence-electron chi connectivity index (χ0n) is 13.1. The Balaban J connectivity index is 1.64. The van der Waals surface area contributed by atoms with Crippen LogP contribution in [0.1, 0.15) is 18.6 Å². The summed E-state index contributed by atoms with van der Waals surface area (Å²) in [4.78, 5) is 26.0. The van der Waals surface area contributed by atoms with Crippen molar-refractivity contribution in [1.29, 1.82) is 0 Å². The van der Waals surface area contributed by atoms with Gasteiger partial charge in [-0.05, 0) is 49.6 Å². The van der Waals surface area contributed by atoms with Gasteiger partial charge in [0.2, 0.25) is 0 Å². The number of carbonyl (C=O) groups excluding carboxylic acids is 2. The minimum absolute atomic E-state index is 0.0272. The first-order valence-corrected chi connectivity index (χ1v) is 8.96. The molecule has 2 aliphatic heterocycles. The SMILES string of the molecule is CC(=O)OC1=NCC(c2cc(Br)c(OCC3CNC(=O)O3)c(Br)c2)O1.